The number of rotatable bonds is 12. The van der Waals surface area contributed by atoms with Gasteiger partial charge in [0.05, 0.1) is 12.1 Å². The molecule has 0 radical (unpaired) electrons. The summed E-state index contributed by atoms with van der Waals surface area (Å²) in [6.07, 6.45) is 6.24. The highest BCUT2D eigenvalue weighted by molar-refractivity contribution is 5.96. The van der Waals surface area contributed by atoms with Crippen molar-refractivity contribution in [1.29, 1.82) is 0 Å². The first kappa shape index (κ1) is 35.3. The fourth-order valence-electron chi connectivity index (χ4n) is 6.37. The number of nitrogens with one attached hydrogen (secondary N) is 1. The number of benzene rings is 1. The Labute approximate surface area is 264 Å². The summed E-state index contributed by atoms with van der Waals surface area (Å²) in [5, 5.41) is 3.04. The number of carbonyl (C=O) groups is 4. The van der Waals surface area contributed by atoms with E-state index < -0.39 is 12.1 Å². The zero-order valence-corrected chi connectivity index (χ0v) is 28.0. The zero-order chi connectivity index (χ0) is 32.6. The van der Waals surface area contributed by atoms with Gasteiger partial charge in [-0.25, -0.2) is 4.79 Å². The van der Waals surface area contributed by atoms with E-state index in [1.807, 2.05) is 78.1 Å². The summed E-state index contributed by atoms with van der Waals surface area (Å²) in [6.45, 7) is 12.9. The van der Waals surface area contributed by atoms with Crippen LogP contribution in [0.15, 0.2) is 42.0 Å². The fourth-order valence-corrected chi connectivity index (χ4v) is 6.37. The van der Waals surface area contributed by atoms with E-state index in [2.05, 4.69) is 10.2 Å². The third-order valence-corrected chi connectivity index (χ3v) is 9.13. The highest BCUT2D eigenvalue weighted by Gasteiger charge is 2.38. The molecule has 2 aliphatic heterocycles. The number of esters is 1. The molecule has 0 aliphatic carbocycles. The van der Waals surface area contributed by atoms with Gasteiger partial charge in [0.2, 0.25) is 17.7 Å². The number of nitrogens with zero attached hydrogens (tertiary/aromatic N) is 3. The molecule has 3 amide bonds. The molecule has 9 nitrogen and oxygen atoms in total. The largest absolute Gasteiger partial charge is 0.456 e. The van der Waals surface area contributed by atoms with Crippen molar-refractivity contribution in [2.75, 3.05) is 27.2 Å². The van der Waals surface area contributed by atoms with Gasteiger partial charge in [-0.05, 0) is 70.0 Å². The standard InChI is InChI=1S/C35H54N4O5/c1-9-30(26-16-11-10-12-17-26)44-35(43)28-19-15-21-39(28)33(41)25(6)22-29(23(2)3)38(8)34(42)31(24(4)5)36-32(40)27-18-13-14-20-37(27)7/h10-12,16-17,22-24,27-31H,9,13-15,18-21H2,1-8H3,(H,36,40)/t27-,28+,29-,30-,31+/m1/s1. The molecule has 244 valence electrons. The average molecular weight is 611 g/mol. The molecular weight excluding hydrogens is 556 g/mol. The van der Waals surface area contributed by atoms with Crippen molar-refractivity contribution in [3.8, 4) is 0 Å². The first-order valence-electron chi connectivity index (χ1n) is 16.4. The van der Waals surface area contributed by atoms with E-state index in [4.69, 9.17) is 4.74 Å². The van der Waals surface area contributed by atoms with Gasteiger partial charge >= 0.3 is 5.97 Å². The minimum Gasteiger partial charge on any atom is -0.456 e. The van der Waals surface area contributed by atoms with Crippen LogP contribution >= 0.6 is 0 Å². The molecule has 2 aliphatic rings. The Balaban J connectivity index is 1.73. The number of carbonyl (C=O) groups excluding carboxylic acids is 4. The second-order valence-corrected chi connectivity index (χ2v) is 13.2. The summed E-state index contributed by atoms with van der Waals surface area (Å²) in [6, 6.07) is 7.73. The molecule has 3 rings (SSSR count). The van der Waals surface area contributed by atoms with Crippen molar-refractivity contribution in [1.82, 2.24) is 20.0 Å². The van der Waals surface area contributed by atoms with Gasteiger partial charge in [-0.1, -0.05) is 77.4 Å². The SMILES string of the molecule is CC[C@@H](OC(=O)[C@@H]1CCCN1C(=O)C(C)=C[C@H](C(C)C)N(C)C(=O)[C@@H](NC(=O)[C@H]1CCCCN1C)C(C)C)c1ccccc1. The Morgan fingerprint density at radius 3 is 2.23 bits per heavy atom. The van der Waals surface area contributed by atoms with Gasteiger partial charge in [0.1, 0.15) is 18.2 Å². The minimum atomic E-state index is -0.678. The summed E-state index contributed by atoms with van der Waals surface area (Å²) in [5.74, 6) is -1.00. The number of piperidine rings is 1. The third kappa shape index (κ3) is 8.71. The van der Waals surface area contributed by atoms with E-state index in [-0.39, 0.29) is 53.7 Å². The summed E-state index contributed by atoms with van der Waals surface area (Å²) in [7, 11) is 3.69. The van der Waals surface area contributed by atoms with Gasteiger partial charge in [-0.2, -0.15) is 0 Å². The smallest absolute Gasteiger partial charge is 0.329 e. The lowest BCUT2D eigenvalue weighted by Crippen LogP contribution is -2.57. The van der Waals surface area contributed by atoms with Crippen LogP contribution in [-0.2, 0) is 23.9 Å². The van der Waals surface area contributed by atoms with E-state index in [9.17, 15) is 19.2 Å². The average Bonchev–Trinajstić information content (AvgIpc) is 3.50. The van der Waals surface area contributed by atoms with Crippen molar-refractivity contribution in [2.24, 2.45) is 11.8 Å². The van der Waals surface area contributed by atoms with Gasteiger partial charge in [0.25, 0.3) is 0 Å². The Morgan fingerprint density at radius 1 is 0.977 bits per heavy atom. The minimum absolute atomic E-state index is 0.00946. The molecular formula is C35H54N4O5. The van der Waals surface area contributed by atoms with Crippen LogP contribution in [0.1, 0.15) is 91.7 Å². The van der Waals surface area contributed by atoms with Crippen LogP contribution in [-0.4, -0.2) is 89.7 Å². The maximum Gasteiger partial charge on any atom is 0.329 e. The van der Waals surface area contributed by atoms with E-state index in [0.29, 0.717) is 25.0 Å². The van der Waals surface area contributed by atoms with E-state index in [0.717, 1.165) is 37.8 Å². The monoisotopic (exact) mass is 610 g/mol. The molecule has 1 aromatic rings. The van der Waals surface area contributed by atoms with Gasteiger partial charge in [0.15, 0.2) is 0 Å². The Hall–Kier alpha value is -3.20. The van der Waals surface area contributed by atoms with Gasteiger partial charge < -0.3 is 19.9 Å². The van der Waals surface area contributed by atoms with Crippen LogP contribution < -0.4 is 5.32 Å². The van der Waals surface area contributed by atoms with Crippen molar-refractivity contribution >= 4 is 23.7 Å². The summed E-state index contributed by atoms with van der Waals surface area (Å²) >= 11 is 0. The predicted molar refractivity (Wildman–Crippen MR) is 172 cm³/mol. The molecule has 5 atom stereocenters. The molecule has 2 fully saturated rings. The Bertz CT molecular complexity index is 1170. The van der Waals surface area contributed by atoms with Gasteiger partial charge in [-0.3, -0.25) is 19.3 Å². The molecule has 0 saturated carbocycles. The van der Waals surface area contributed by atoms with Crippen LogP contribution in [0.3, 0.4) is 0 Å². The maximum absolute atomic E-state index is 13.8. The maximum atomic E-state index is 13.8. The molecule has 2 saturated heterocycles. The van der Waals surface area contributed by atoms with Crippen molar-refractivity contribution in [2.45, 2.75) is 110 Å². The van der Waals surface area contributed by atoms with Crippen LogP contribution in [0.4, 0.5) is 0 Å². The first-order valence-corrected chi connectivity index (χ1v) is 16.4. The van der Waals surface area contributed by atoms with E-state index in [1.54, 1.807) is 23.8 Å². The molecule has 2 heterocycles. The summed E-state index contributed by atoms with van der Waals surface area (Å²) in [5.41, 5.74) is 1.41. The Morgan fingerprint density at radius 2 is 1.64 bits per heavy atom. The lowest BCUT2D eigenvalue weighted by molar-refractivity contribution is -0.157. The summed E-state index contributed by atoms with van der Waals surface area (Å²) in [4.78, 5) is 59.4. The number of hydrogen-bond acceptors (Lipinski definition) is 6. The van der Waals surface area contributed by atoms with Crippen LogP contribution in [0, 0.1) is 11.8 Å². The fraction of sp³-hybridized carbons (Fsp3) is 0.657. The number of ether oxygens (including phenoxy) is 1. The van der Waals surface area contributed by atoms with Gasteiger partial charge in [-0.15, -0.1) is 0 Å². The molecule has 0 bridgehead atoms. The van der Waals surface area contributed by atoms with Crippen LogP contribution in [0.2, 0.25) is 0 Å². The second kappa shape index (κ2) is 16.2. The van der Waals surface area contributed by atoms with Crippen LogP contribution in [0.5, 0.6) is 0 Å². The lowest BCUT2D eigenvalue weighted by atomic mass is 9.96. The molecule has 1 N–H and O–H groups in total. The second-order valence-electron chi connectivity index (χ2n) is 13.2. The molecule has 0 aromatic heterocycles. The molecule has 44 heavy (non-hydrogen) atoms. The molecule has 1 aromatic carbocycles. The lowest BCUT2D eigenvalue weighted by Gasteiger charge is -2.36. The first-order chi connectivity index (χ1) is 20.9. The molecule has 0 spiro atoms. The number of likely N-dealkylation sites (N-methyl/N-ethyl adjacent to an activating group) is 2. The number of hydrogen-bond donors (Lipinski definition) is 1. The summed E-state index contributed by atoms with van der Waals surface area (Å²) < 4.78 is 5.91. The number of amides is 3. The van der Waals surface area contributed by atoms with Gasteiger partial charge in [0, 0.05) is 19.2 Å². The highest BCUT2D eigenvalue weighted by atomic mass is 16.5. The highest BCUT2D eigenvalue weighted by Crippen LogP contribution is 2.27. The topological polar surface area (TPSA) is 99.3 Å². The quantitative estimate of drug-likeness (QED) is 0.272. The van der Waals surface area contributed by atoms with Crippen molar-refractivity contribution in [3.63, 3.8) is 0 Å². The van der Waals surface area contributed by atoms with E-state index >= 15 is 0 Å². The van der Waals surface area contributed by atoms with Crippen LogP contribution in [0.25, 0.3) is 0 Å². The normalized spacial score (nSPS) is 21.6. The molecule has 0 unspecified atom stereocenters. The molecule has 9 heteroatoms. The predicted octanol–water partition coefficient (Wildman–Crippen LogP) is 4.73. The number of likely N-dealkylation sites (tertiary alicyclic amines) is 2. The van der Waals surface area contributed by atoms with Crippen molar-refractivity contribution < 1.29 is 23.9 Å². The van der Waals surface area contributed by atoms with E-state index in [1.165, 1.54) is 0 Å². The Kier molecular flexibility index (Phi) is 13.0. The third-order valence-electron chi connectivity index (χ3n) is 9.13. The zero-order valence-electron chi connectivity index (χ0n) is 28.0. The van der Waals surface area contributed by atoms with Crippen molar-refractivity contribution in [3.05, 3.63) is 47.5 Å².